The summed E-state index contributed by atoms with van der Waals surface area (Å²) < 4.78 is 16.4. The number of hydrogen-bond donors (Lipinski definition) is 1. The van der Waals surface area contributed by atoms with Gasteiger partial charge in [0.05, 0.1) is 14.2 Å². The van der Waals surface area contributed by atoms with Gasteiger partial charge in [-0.2, -0.15) is 0 Å². The summed E-state index contributed by atoms with van der Waals surface area (Å²) in [4.78, 5) is 26.9. The minimum Gasteiger partial charge on any atom is -0.497 e. The zero-order chi connectivity index (χ0) is 23.3. The highest BCUT2D eigenvalue weighted by Crippen LogP contribution is 2.30. The van der Waals surface area contributed by atoms with Crippen LogP contribution >= 0.6 is 0 Å². The summed E-state index contributed by atoms with van der Waals surface area (Å²) in [6.07, 6.45) is 1.04. The molecule has 174 valence electrons. The average molecular weight is 443 g/mol. The highest BCUT2D eigenvalue weighted by atomic mass is 16.5. The Kier molecular flexibility index (Phi) is 10.5. The first-order valence-electron chi connectivity index (χ1n) is 11.0. The number of likely N-dealkylation sites (N-methyl/N-ethyl adjacent to an activating group) is 1. The first-order valence-corrected chi connectivity index (χ1v) is 11.0. The SMILES string of the molecule is CCN(CC)CCOc1cc(NC(=O)CCCC(=O)c2ccc(OC)cc2)ccc1OC. The number of nitrogens with one attached hydrogen (secondary N) is 1. The van der Waals surface area contributed by atoms with Gasteiger partial charge in [0, 0.05) is 36.7 Å². The molecule has 1 N–H and O–H groups in total. The lowest BCUT2D eigenvalue weighted by molar-refractivity contribution is -0.116. The maximum absolute atomic E-state index is 12.3. The lowest BCUT2D eigenvalue weighted by Crippen LogP contribution is -2.28. The van der Waals surface area contributed by atoms with Crippen molar-refractivity contribution in [3.05, 3.63) is 48.0 Å². The van der Waals surface area contributed by atoms with Crippen LogP contribution in [0.3, 0.4) is 0 Å². The van der Waals surface area contributed by atoms with Gasteiger partial charge in [-0.3, -0.25) is 9.59 Å². The van der Waals surface area contributed by atoms with Gasteiger partial charge in [-0.1, -0.05) is 13.8 Å². The van der Waals surface area contributed by atoms with Crippen LogP contribution in [0.1, 0.15) is 43.5 Å². The van der Waals surface area contributed by atoms with Gasteiger partial charge in [-0.25, -0.2) is 0 Å². The maximum atomic E-state index is 12.3. The summed E-state index contributed by atoms with van der Waals surface area (Å²) in [5.41, 5.74) is 1.25. The number of hydrogen-bond acceptors (Lipinski definition) is 6. The Morgan fingerprint density at radius 2 is 1.62 bits per heavy atom. The number of anilines is 1. The lowest BCUT2D eigenvalue weighted by Gasteiger charge is -2.19. The van der Waals surface area contributed by atoms with Crippen LogP contribution in [0.25, 0.3) is 0 Å². The van der Waals surface area contributed by atoms with Gasteiger partial charge in [-0.05, 0) is 55.9 Å². The largest absolute Gasteiger partial charge is 0.497 e. The molecule has 7 heteroatoms. The minimum atomic E-state index is -0.146. The average Bonchev–Trinajstić information content (AvgIpc) is 2.82. The molecule has 7 nitrogen and oxygen atoms in total. The van der Waals surface area contributed by atoms with Crippen molar-refractivity contribution in [2.45, 2.75) is 33.1 Å². The standard InChI is InChI=1S/C25H34N2O5/c1-5-27(6-2)16-17-32-24-18-20(12-15-23(24)31-4)26-25(29)9-7-8-22(28)19-10-13-21(30-3)14-11-19/h10-15,18H,5-9,16-17H2,1-4H3,(H,26,29). The van der Waals surface area contributed by atoms with Crippen LogP contribution in [-0.4, -0.2) is 57.1 Å². The van der Waals surface area contributed by atoms with E-state index in [0.29, 0.717) is 47.9 Å². The number of ketones is 1. The van der Waals surface area contributed by atoms with Gasteiger partial charge >= 0.3 is 0 Å². The molecule has 0 saturated heterocycles. The molecule has 0 spiro atoms. The van der Waals surface area contributed by atoms with E-state index in [1.165, 1.54) is 0 Å². The van der Waals surface area contributed by atoms with Crippen LogP contribution in [0.5, 0.6) is 17.2 Å². The highest BCUT2D eigenvalue weighted by molar-refractivity contribution is 5.97. The predicted molar refractivity (Wildman–Crippen MR) is 126 cm³/mol. The molecule has 0 aliphatic carbocycles. The van der Waals surface area contributed by atoms with Crippen LogP contribution in [0.15, 0.2) is 42.5 Å². The number of carbonyl (C=O) groups excluding carboxylic acids is 2. The molecule has 0 saturated carbocycles. The fourth-order valence-corrected chi connectivity index (χ4v) is 3.25. The van der Waals surface area contributed by atoms with Crippen molar-refractivity contribution < 1.29 is 23.8 Å². The zero-order valence-corrected chi connectivity index (χ0v) is 19.5. The van der Waals surface area contributed by atoms with Gasteiger partial charge in [0.25, 0.3) is 0 Å². The third-order valence-electron chi connectivity index (χ3n) is 5.23. The van der Waals surface area contributed by atoms with Crippen molar-refractivity contribution in [3.8, 4) is 17.2 Å². The van der Waals surface area contributed by atoms with Gasteiger partial charge in [0.15, 0.2) is 17.3 Å². The summed E-state index contributed by atoms with van der Waals surface area (Å²) in [5, 5.41) is 2.87. The fourth-order valence-electron chi connectivity index (χ4n) is 3.25. The number of benzene rings is 2. The molecule has 0 aliphatic heterocycles. The number of rotatable bonds is 14. The van der Waals surface area contributed by atoms with Crippen molar-refractivity contribution in [1.82, 2.24) is 4.90 Å². The normalized spacial score (nSPS) is 10.7. The molecular formula is C25H34N2O5. The van der Waals surface area contributed by atoms with Crippen LogP contribution in [0.4, 0.5) is 5.69 Å². The van der Waals surface area contributed by atoms with E-state index in [1.807, 2.05) is 0 Å². The molecule has 0 unspecified atom stereocenters. The summed E-state index contributed by atoms with van der Waals surface area (Å²) in [7, 11) is 3.17. The molecule has 0 aliphatic rings. The van der Waals surface area contributed by atoms with E-state index in [-0.39, 0.29) is 18.1 Å². The first-order chi connectivity index (χ1) is 15.5. The van der Waals surface area contributed by atoms with Gasteiger partial charge in [-0.15, -0.1) is 0 Å². The molecule has 1 amide bonds. The van der Waals surface area contributed by atoms with Crippen molar-refractivity contribution in [2.75, 3.05) is 45.8 Å². The molecule has 0 heterocycles. The maximum Gasteiger partial charge on any atom is 0.224 e. The minimum absolute atomic E-state index is 0.00814. The van der Waals surface area contributed by atoms with E-state index >= 15 is 0 Å². The molecule has 0 atom stereocenters. The van der Waals surface area contributed by atoms with E-state index in [1.54, 1.807) is 56.7 Å². The Balaban J connectivity index is 1.84. The quantitative estimate of drug-likeness (QED) is 0.437. The Hall–Kier alpha value is -3.06. The van der Waals surface area contributed by atoms with E-state index in [9.17, 15) is 9.59 Å². The Labute approximate surface area is 190 Å². The third-order valence-corrected chi connectivity index (χ3v) is 5.23. The van der Waals surface area contributed by atoms with E-state index < -0.39 is 0 Å². The topological polar surface area (TPSA) is 77.1 Å². The summed E-state index contributed by atoms with van der Waals surface area (Å²) in [5.74, 6) is 1.78. The number of methoxy groups -OCH3 is 2. The number of nitrogens with zero attached hydrogens (tertiary/aromatic N) is 1. The number of carbonyl (C=O) groups is 2. The summed E-state index contributed by atoms with van der Waals surface area (Å²) >= 11 is 0. The third kappa shape index (κ3) is 7.89. The van der Waals surface area contributed by atoms with Gasteiger partial charge < -0.3 is 24.4 Å². The van der Waals surface area contributed by atoms with Gasteiger partial charge in [0.2, 0.25) is 5.91 Å². The van der Waals surface area contributed by atoms with Crippen LogP contribution < -0.4 is 19.5 Å². The van der Waals surface area contributed by atoms with E-state index in [0.717, 1.165) is 19.6 Å². The molecule has 0 fully saturated rings. The first kappa shape index (κ1) is 25.2. The second-order valence-corrected chi connectivity index (χ2v) is 7.29. The van der Waals surface area contributed by atoms with Crippen molar-refractivity contribution in [1.29, 1.82) is 0 Å². The predicted octanol–water partition coefficient (Wildman–Crippen LogP) is 4.42. The Bertz CT molecular complexity index is 863. The molecule has 0 radical (unpaired) electrons. The van der Waals surface area contributed by atoms with Crippen LogP contribution in [-0.2, 0) is 4.79 Å². The summed E-state index contributed by atoms with van der Waals surface area (Å²) in [6.45, 7) is 7.51. The molecule has 2 rings (SSSR count). The lowest BCUT2D eigenvalue weighted by atomic mass is 10.1. The molecule has 2 aromatic carbocycles. The zero-order valence-electron chi connectivity index (χ0n) is 19.5. The number of Topliss-reactive ketones (excluding diaryl/α,β-unsaturated/α-hetero) is 1. The second kappa shape index (κ2) is 13.4. The van der Waals surface area contributed by atoms with Gasteiger partial charge in [0.1, 0.15) is 12.4 Å². The summed E-state index contributed by atoms with van der Waals surface area (Å²) in [6, 6.07) is 12.3. The van der Waals surface area contributed by atoms with Crippen LogP contribution in [0.2, 0.25) is 0 Å². The van der Waals surface area contributed by atoms with E-state index in [4.69, 9.17) is 14.2 Å². The smallest absolute Gasteiger partial charge is 0.224 e. The van der Waals surface area contributed by atoms with E-state index in [2.05, 4.69) is 24.1 Å². The van der Waals surface area contributed by atoms with Crippen molar-refractivity contribution >= 4 is 17.4 Å². The monoisotopic (exact) mass is 442 g/mol. The Morgan fingerprint density at radius 1 is 0.906 bits per heavy atom. The molecule has 32 heavy (non-hydrogen) atoms. The highest BCUT2D eigenvalue weighted by Gasteiger charge is 2.11. The number of amides is 1. The fraction of sp³-hybridized carbons (Fsp3) is 0.440. The molecular weight excluding hydrogens is 408 g/mol. The van der Waals surface area contributed by atoms with Crippen LogP contribution in [0, 0.1) is 0 Å². The van der Waals surface area contributed by atoms with Crippen molar-refractivity contribution in [3.63, 3.8) is 0 Å². The molecule has 2 aromatic rings. The van der Waals surface area contributed by atoms with Crippen molar-refractivity contribution in [2.24, 2.45) is 0 Å². The molecule has 0 aromatic heterocycles. The second-order valence-electron chi connectivity index (χ2n) is 7.29. The molecule has 0 bridgehead atoms. The number of ether oxygens (including phenoxy) is 3. The Morgan fingerprint density at radius 3 is 2.25 bits per heavy atom.